The first kappa shape index (κ1) is 12.7. The molecule has 3 N–H and O–H groups in total. The van der Waals surface area contributed by atoms with Gasteiger partial charge in [0.05, 0.1) is 6.04 Å². The predicted molar refractivity (Wildman–Crippen MR) is 56.5 cm³/mol. The first-order chi connectivity index (χ1) is 8.32. The number of urea groups is 1. The van der Waals surface area contributed by atoms with Crippen LogP contribution < -0.4 is 10.6 Å². The minimum Gasteiger partial charge on any atom is -0.363 e. The van der Waals surface area contributed by atoms with Crippen LogP contribution in [0.15, 0.2) is 30.3 Å². The zero-order chi connectivity index (χ0) is 13.4. The number of alkyl halides is 3. The standard InChI is InChI=1S/C11H11F3N2O2/c12-11(13,14)10(18)6-8(15-9(17)16-10)7-4-2-1-3-5-7/h1-5,8,18H,6H2,(H2,15,16,17)/t8-,10+/m0/s1. The molecule has 0 aliphatic carbocycles. The van der Waals surface area contributed by atoms with Crippen LogP contribution in [-0.4, -0.2) is 23.0 Å². The fraction of sp³-hybridized carbons (Fsp3) is 0.364. The van der Waals surface area contributed by atoms with Crippen molar-refractivity contribution in [1.29, 1.82) is 0 Å². The van der Waals surface area contributed by atoms with E-state index < -0.39 is 30.4 Å². The van der Waals surface area contributed by atoms with E-state index >= 15 is 0 Å². The highest BCUT2D eigenvalue weighted by molar-refractivity contribution is 5.76. The van der Waals surface area contributed by atoms with Crippen molar-refractivity contribution in [3.63, 3.8) is 0 Å². The van der Waals surface area contributed by atoms with E-state index in [1.165, 1.54) is 5.32 Å². The van der Waals surface area contributed by atoms with Crippen LogP contribution in [0, 0.1) is 0 Å². The van der Waals surface area contributed by atoms with Gasteiger partial charge in [-0.2, -0.15) is 13.2 Å². The molecule has 4 nitrogen and oxygen atoms in total. The molecule has 98 valence electrons. The molecule has 2 rings (SSSR count). The average Bonchev–Trinajstić information content (AvgIpc) is 2.27. The lowest BCUT2D eigenvalue weighted by atomic mass is 9.94. The van der Waals surface area contributed by atoms with Crippen molar-refractivity contribution >= 4 is 6.03 Å². The van der Waals surface area contributed by atoms with Crippen molar-refractivity contribution in [2.24, 2.45) is 0 Å². The van der Waals surface area contributed by atoms with E-state index in [0.29, 0.717) is 5.56 Å². The maximum Gasteiger partial charge on any atom is 0.436 e. The number of rotatable bonds is 1. The predicted octanol–water partition coefficient (Wildman–Crippen LogP) is 1.68. The molecule has 7 heteroatoms. The Bertz CT molecular complexity index is 449. The largest absolute Gasteiger partial charge is 0.436 e. The van der Waals surface area contributed by atoms with Gasteiger partial charge in [-0.05, 0) is 5.56 Å². The summed E-state index contributed by atoms with van der Waals surface area (Å²) in [6.07, 6.45) is -5.59. The van der Waals surface area contributed by atoms with E-state index in [1.807, 2.05) is 0 Å². The van der Waals surface area contributed by atoms with E-state index in [9.17, 15) is 23.1 Å². The number of halogens is 3. The van der Waals surface area contributed by atoms with Crippen LogP contribution in [0.2, 0.25) is 0 Å². The van der Waals surface area contributed by atoms with Gasteiger partial charge in [-0.1, -0.05) is 30.3 Å². The molecule has 0 aromatic heterocycles. The minimum atomic E-state index is -4.92. The summed E-state index contributed by atoms with van der Waals surface area (Å²) in [5.74, 6) is 0. The monoisotopic (exact) mass is 260 g/mol. The Hall–Kier alpha value is -1.76. The van der Waals surface area contributed by atoms with Crippen molar-refractivity contribution in [3.8, 4) is 0 Å². The summed E-state index contributed by atoms with van der Waals surface area (Å²) in [6.45, 7) is 0. The maximum atomic E-state index is 12.7. The second-order valence-corrected chi connectivity index (χ2v) is 4.12. The van der Waals surface area contributed by atoms with Crippen LogP contribution in [-0.2, 0) is 0 Å². The zero-order valence-corrected chi connectivity index (χ0v) is 9.16. The molecule has 1 aliphatic rings. The molecule has 2 amide bonds. The Balaban J connectivity index is 2.28. The van der Waals surface area contributed by atoms with E-state index in [4.69, 9.17) is 0 Å². The van der Waals surface area contributed by atoms with Crippen LogP contribution in [0.5, 0.6) is 0 Å². The number of nitrogens with one attached hydrogen (secondary N) is 2. The summed E-state index contributed by atoms with van der Waals surface area (Å²) in [6, 6.07) is 6.26. The van der Waals surface area contributed by atoms with E-state index in [2.05, 4.69) is 5.32 Å². The van der Waals surface area contributed by atoms with Crippen LogP contribution in [0.4, 0.5) is 18.0 Å². The van der Waals surface area contributed by atoms with Gasteiger partial charge in [-0.25, -0.2) is 4.79 Å². The Morgan fingerprint density at radius 2 is 1.89 bits per heavy atom. The molecule has 0 spiro atoms. The van der Waals surface area contributed by atoms with Gasteiger partial charge in [0, 0.05) is 6.42 Å². The quantitative estimate of drug-likeness (QED) is 0.719. The van der Waals surface area contributed by atoms with Crippen molar-refractivity contribution in [1.82, 2.24) is 10.6 Å². The second-order valence-electron chi connectivity index (χ2n) is 4.12. The SMILES string of the molecule is O=C1N[C@H](c2ccccc2)C[C@@](O)(C(F)(F)F)N1. The Morgan fingerprint density at radius 3 is 2.44 bits per heavy atom. The molecule has 18 heavy (non-hydrogen) atoms. The lowest BCUT2D eigenvalue weighted by Crippen LogP contribution is -2.66. The molecule has 1 aliphatic heterocycles. The van der Waals surface area contributed by atoms with Gasteiger partial charge in [-0.15, -0.1) is 0 Å². The first-order valence-corrected chi connectivity index (χ1v) is 5.24. The molecular weight excluding hydrogens is 249 g/mol. The van der Waals surface area contributed by atoms with Crippen LogP contribution in [0.1, 0.15) is 18.0 Å². The van der Waals surface area contributed by atoms with Crippen molar-refractivity contribution in [2.75, 3.05) is 0 Å². The number of benzene rings is 1. The maximum absolute atomic E-state index is 12.7. The third kappa shape index (κ3) is 2.26. The Kier molecular flexibility index (Phi) is 2.94. The number of hydrogen-bond donors (Lipinski definition) is 3. The lowest BCUT2D eigenvalue weighted by Gasteiger charge is -2.39. The molecule has 0 unspecified atom stereocenters. The molecule has 1 aromatic carbocycles. The Labute approximate surface area is 101 Å². The fourth-order valence-electron chi connectivity index (χ4n) is 1.85. The highest BCUT2D eigenvalue weighted by Gasteiger charge is 2.58. The third-order valence-corrected chi connectivity index (χ3v) is 2.80. The van der Waals surface area contributed by atoms with Gasteiger partial charge in [-0.3, -0.25) is 0 Å². The van der Waals surface area contributed by atoms with Gasteiger partial charge in [0.1, 0.15) is 0 Å². The van der Waals surface area contributed by atoms with Crippen molar-refractivity contribution in [3.05, 3.63) is 35.9 Å². The van der Waals surface area contributed by atoms with Gasteiger partial charge in [0.15, 0.2) is 0 Å². The van der Waals surface area contributed by atoms with Gasteiger partial charge >= 0.3 is 12.2 Å². The number of hydrogen-bond acceptors (Lipinski definition) is 2. The molecular formula is C11H11F3N2O2. The number of carbonyl (C=O) groups is 1. The van der Waals surface area contributed by atoms with E-state index in [0.717, 1.165) is 0 Å². The Morgan fingerprint density at radius 1 is 1.28 bits per heavy atom. The fourth-order valence-corrected chi connectivity index (χ4v) is 1.85. The highest BCUT2D eigenvalue weighted by Crippen LogP contribution is 2.37. The topological polar surface area (TPSA) is 61.4 Å². The minimum absolute atomic E-state index is 0.509. The summed E-state index contributed by atoms with van der Waals surface area (Å²) < 4.78 is 38.1. The molecule has 0 radical (unpaired) electrons. The number of aliphatic hydroxyl groups is 1. The summed E-state index contributed by atoms with van der Waals surface area (Å²) in [4.78, 5) is 11.2. The smallest absolute Gasteiger partial charge is 0.363 e. The summed E-state index contributed by atoms with van der Waals surface area (Å²) >= 11 is 0. The molecule has 1 aromatic rings. The second kappa shape index (κ2) is 4.16. The van der Waals surface area contributed by atoms with Gasteiger partial charge < -0.3 is 15.7 Å². The molecule has 2 atom stereocenters. The van der Waals surface area contributed by atoms with E-state index in [1.54, 1.807) is 30.3 Å². The van der Waals surface area contributed by atoms with Gasteiger partial charge in [0.25, 0.3) is 0 Å². The zero-order valence-electron chi connectivity index (χ0n) is 9.16. The normalized spacial score (nSPS) is 28.4. The molecule has 1 heterocycles. The molecule has 1 saturated heterocycles. The van der Waals surface area contributed by atoms with Crippen LogP contribution in [0.3, 0.4) is 0 Å². The highest BCUT2D eigenvalue weighted by atomic mass is 19.4. The summed E-state index contributed by atoms with van der Waals surface area (Å²) in [5, 5.41) is 13.4. The molecule has 1 fully saturated rings. The van der Waals surface area contributed by atoms with E-state index in [-0.39, 0.29) is 0 Å². The van der Waals surface area contributed by atoms with Crippen LogP contribution in [0.25, 0.3) is 0 Å². The third-order valence-electron chi connectivity index (χ3n) is 2.80. The van der Waals surface area contributed by atoms with Crippen molar-refractivity contribution < 1.29 is 23.1 Å². The van der Waals surface area contributed by atoms with Gasteiger partial charge in [0.2, 0.25) is 5.72 Å². The lowest BCUT2D eigenvalue weighted by molar-refractivity contribution is -0.275. The first-order valence-electron chi connectivity index (χ1n) is 5.24. The number of carbonyl (C=O) groups excluding carboxylic acids is 1. The number of amides is 2. The average molecular weight is 260 g/mol. The van der Waals surface area contributed by atoms with Crippen molar-refractivity contribution in [2.45, 2.75) is 24.4 Å². The summed E-state index contributed by atoms with van der Waals surface area (Å²) in [7, 11) is 0. The molecule has 0 bridgehead atoms. The summed E-state index contributed by atoms with van der Waals surface area (Å²) in [5.41, 5.74) is -2.69. The molecule has 0 saturated carbocycles. The van der Waals surface area contributed by atoms with Crippen LogP contribution >= 0.6 is 0 Å².